The van der Waals surface area contributed by atoms with Crippen LogP contribution in [0.1, 0.15) is 189 Å². The van der Waals surface area contributed by atoms with Crippen molar-refractivity contribution in [1.82, 2.24) is 0 Å². The summed E-state index contributed by atoms with van der Waals surface area (Å²) in [4.78, 5) is 27.2. The van der Waals surface area contributed by atoms with Gasteiger partial charge in [-0.2, -0.15) is 12.8 Å². The van der Waals surface area contributed by atoms with E-state index in [2.05, 4.69) is 55.4 Å². The Morgan fingerprint density at radius 2 is 0.900 bits per heavy atom. The number of hydrogen-bond donors (Lipinski definition) is 2. The van der Waals surface area contributed by atoms with Crippen molar-refractivity contribution in [2.75, 3.05) is 0 Å². The number of hydrogen-bond acceptors (Lipinski definition) is 4. The van der Waals surface area contributed by atoms with E-state index in [-0.39, 0.29) is 114 Å². The molecule has 0 aromatic heterocycles. The number of aliphatic hydroxyl groups excluding tert-OH is 2. The van der Waals surface area contributed by atoms with Crippen LogP contribution in [0.25, 0.3) is 0 Å². The van der Waals surface area contributed by atoms with E-state index < -0.39 is 0 Å². The van der Waals surface area contributed by atoms with E-state index in [0.29, 0.717) is 82.9 Å². The SMILES string of the molecule is [CH2-]CC[C@@H](C)[C@H]1CC[C@H]2C3[C@@H](O)CC4C[C@H](CC(=O)CC(=O)C[C@@H]5CC[C@@]6(C)C(C5)C[C@H](O)C5[C@@H]7CC[C@H]([C@H](C)CC[CH2-])[C@@]7(C)CC[C@@H]56)CC[C@]4(C)[C@H]3CC[C@]12C.[CH3-].[Y].[Y]. The molecule has 0 aromatic carbocycles. The molecule has 338 valence electrons. The van der Waals surface area contributed by atoms with Crippen molar-refractivity contribution in [3.63, 3.8) is 0 Å². The molecule has 4 nitrogen and oxygen atoms in total. The predicted molar refractivity (Wildman–Crippen MR) is 238 cm³/mol. The predicted octanol–water partition coefficient (Wildman–Crippen LogP) is 12.7. The second-order valence-electron chi connectivity index (χ2n) is 24.2. The minimum absolute atomic E-state index is 0. The van der Waals surface area contributed by atoms with Gasteiger partial charge < -0.3 is 31.5 Å². The van der Waals surface area contributed by atoms with Crippen LogP contribution in [0.4, 0.5) is 0 Å². The number of aliphatic hydroxyl groups is 2. The van der Waals surface area contributed by atoms with Crippen molar-refractivity contribution in [1.29, 1.82) is 0 Å². The molecule has 60 heavy (non-hydrogen) atoms. The Hall–Kier alpha value is 1.47. The van der Waals surface area contributed by atoms with E-state index in [0.717, 1.165) is 75.0 Å². The summed E-state index contributed by atoms with van der Waals surface area (Å²) in [6.45, 7) is 23.6. The van der Waals surface area contributed by atoms with Gasteiger partial charge in [0.05, 0.1) is 18.6 Å². The van der Waals surface area contributed by atoms with E-state index in [1.54, 1.807) is 0 Å². The van der Waals surface area contributed by atoms with Gasteiger partial charge in [-0.3, -0.25) is 9.59 Å². The molecular weight excluding hydrogens is 890 g/mol. The maximum atomic E-state index is 13.6. The molecule has 4 unspecified atom stereocenters. The third-order valence-corrected chi connectivity index (χ3v) is 21.9. The van der Waals surface area contributed by atoms with E-state index in [9.17, 15) is 19.8 Å². The summed E-state index contributed by atoms with van der Waals surface area (Å²) in [6, 6.07) is 0. The molecule has 2 N–H and O–H groups in total. The monoisotopic (exact) mass is 979 g/mol. The summed E-state index contributed by atoms with van der Waals surface area (Å²) >= 11 is 0. The van der Waals surface area contributed by atoms with Crippen LogP contribution >= 0.6 is 0 Å². The maximum Gasteiger partial charge on any atom is 0.140 e. The third-order valence-electron chi connectivity index (χ3n) is 21.9. The van der Waals surface area contributed by atoms with Crippen LogP contribution in [0.15, 0.2) is 0 Å². The Kier molecular flexibility index (Phi) is 17.8. The summed E-state index contributed by atoms with van der Waals surface area (Å²) in [6.07, 6.45) is 24.1. The van der Waals surface area contributed by atoms with Crippen molar-refractivity contribution >= 4 is 11.6 Å². The van der Waals surface area contributed by atoms with Gasteiger partial charge in [0.15, 0.2) is 0 Å². The Balaban J connectivity index is 0.00000228. The van der Waals surface area contributed by atoms with Crippen molar-refractivity contribution in [2.45, 2.75) is 201 Å². The number of ketones is 2. The zero-order valence-electron chi connectivity index (χ0n) is 39.8. The number of fused-ring (bicyclic) bond motifs is 10. The zero-order chi connectivity index (χ0) is 40.7. The molecule has 8 saturated carbocycles. The molecule has 8 aliphatic carbocycles. The number of rotatable bonds is 12. The van der Waals surface area contributed by atoms with Gasteiger partial charge in [-0.1, -0.05) is 54.4 Å². The molecule has 0 aromatic rings. The van der Waals surface area contributed by atoms with E-state index in [4.69, 9.17) is 0 Å². The van der Waals surface area contributed by atoms with E-state index in [1.165, 1.54) is 77.0 Å². The fraction of sp³-hybridized carbons (Fsp3) is 0.907. The first kappa shape index (κ1) is 52.4. The molecule has 6 heteroatoms. The number of carbonyl (C=O) groups is 2. The minimum Gasteiger partial charge on any atom is -0.393 e. The molecule has 2 radical (unpaired) electrons. The fourth-order valence-electron chi connectivity index (χ4n) is 19.0. The third kappa shape index (κ3) is 9.10. The largest absolute Gasteiger partial charge is 0.393 e. The molecule has 20 atom stereocenters. The van der Waals surface area contributed by atoms with Crippen LogP contribution in [0.5, 0.6) is 0 Å². The number of carbonyl (C=O) groups excluding carboxylic acids is 2. The second kappa shape index (κ2) is 20.4. The molecule has 0 bridgehead atoms. The Bertz CT molecular complexity index is 1360. The summed E-state index contributed by atoms with van der Waals surface area (Å²) in [5.74, 6) is 8.34. The molecule has 8 rings (SSSR count). The Morgan fingerprint density at radius 3 is 1.27 bits per heavy atom. The van der Waals surface area contributed by atoms with Crippen LogP contribution in [-0.4, -0.2) is 34.0 Å². The van der Waals surface area contributed by atoms with Crippen molar-refractivity contribution in [3.8, 4) is 0 Å². The first-order valence-electron chi connectivity index (χ1n) is 25.0. The molecule has 8 fully saturated rings. The molecular formula is C54H89O4Y2-3. The Labute approximate surface area is 420 Å². The quantitative estimate of drug-likeness (QED) is 0.151. The summed E-state index contributed by atoms with van der Waals surface area (Å²) in [5, 5.41) is 23.8. The molecule has 0 amide bonds. The van der Waals surface area contributed by atoms with E-state index in [1.807, 2.05) is 0 Å². The Morgan fingerprint density at radius 1 is 0.550 bits per heavy atom. The molecule has 0 heterocycles. The van der Waals surface area contributed by atoms with Crippen molar-refractivity contribution < 1.29 is 85.2 Å². The topological polar surface area (TPSA) is 74.6 Å². The first-order chi connectivity index (χ1) is 27.1. The molecule has 0 saturated heterocycles. The molecule has 0 spiro atoms. The van der Waals surface area contributed by atoms with Crippen LogP contribution in [0.2, 0.25) is 0 Å². The number of Topliss-reactive ketones (excluding diaryl/α,β-unsaturated/α-hetero) is 2. The van der Waals surface area contributed by atoms with Crippen LogP contribution < -0.4 is 0 Å². The van der Waals surface area contributed by atoms with Crippen LogP contribution in [0, 0.1) is 126 Å². The average Bonchev–Trinajstić information content (AvgIpc) is 3.70. The average molecular weight is 980 g/mol. The van der Waals surface area contributed by atoms with Gasteiger partial charge >= 0.3 is 0 Å². The van der Waals surface area contributed by atoms with Gasteiger partial charge in [0.1, 0.15) is 11.6 Å². The van der Waals surface area contributed by atoms with Gasteiger partial charge in [0, 0.05) is 78.3 Å². The zero-order valence-corrected chi connectivity index (χ0v) is 45.5. The van der Waals surface area contributed by atoms with Crippen molar-refractivity contribution in [3.05, 3.63) is 21.3 Å². The van der Waals surface area contributed by atoms with Gasteiger partial charge in [0.25, 0.3) is 0 Å². The van der Waals surface area contributed by atoms with Crippen molar-refractivity contribution in [2.24, 2.45) is 105 Å². The van der Waals surface area contributed by atoms with Crippen LogP contribution in [-0.2, 0) is 75.0 Å². The first-order valence-corrected chi connectivity index (χ1v) is 25.0. The van der Waals surface area contributed by atoms with Gasteiger partial charge in [-0.25, -0.2) is 0 Å². The summed E-state index contributed by atoms with van der Waals surface area (Å²) in [5.41, 5.74) is 1.25. The normalized spacial score (nSPS) is 48.8. The van der Waals surface area contributed by atoms with Gasteiger partial charge in [-0.15, -0.1) is 0 Å². The van der Waals surface area contributed by atoms with Gasteiger partial charge in [0.2, 0.25) is 0 Å². The second-order valence-corrected chi connectivity index (χ2v) is 24.2. The fourth-order valence-corrected chi connectivity index (χ4v) is 19.0. The molecule has 8 aliphatic rings. The van der Waals surface area contributed by atoms with Gasteiger partial charge in [-0.05, 0) is 207 Å². The van der Waals surface area contributed by atoms with Crippen LogP contribution in [0.3, 0.4) is 0 Å². The smallest absolute Gasteiger partial charge is 0.140 e. The summed E-state index contributed by atoms with van der Waals surface area (Å²) in [7, 11) is 0. The standard InChI is InChI=1S/C53H86O4.CH3.2Y/c1-9-11-32(3)40-13-15-42-48-44(19-23-52(40,42)7)50(5)21-17-34(25-36(50)29-46(48)56)27-38(54)31-39(55)28-35-18-22-51(6)37(26-35)30-47(57)49-43-16-14-41(33(4)12-10-2)53(43,8)24-20-45(49)51;;;/h32-37,40-49,56-57H,1-2,9-31H2,3-8H3;1H3;;/q-2;-1;;/t32-,33-,34-,35-,36?,37?,40-,41-,42+,43+,44+,45+,46+,47+,48?,49?,50+,51+,52-,53-;;;/m1.../s1. The molecule has 0 aliphatic heterocycles. The summed E-state index contributed by atoms with van der Waals surface area (Å²) < 4.78 is 0. The maximum absolute atomic E-state index is 13.6. The minimum atomic E-state index is -0.213. The van der Waals surface area contributed by atoms with E-state index >= 15 is 0 Å².